The second-order valence-electron chi connectivity index (χ2n) is 7.80. The highest BCUT2D eigenvalue weighted by Crippen LogP contribution is 2.41. The Morgan fingerprint density at radius 3 is 2.50 bits per heavy atom. The normalized spacial score (nSPS) is 30.1. The molecule has 22 heavy (non-hydrogen) atoms. The minimum atomic E-state index is -0.173. The van der Waals surface area contributed by atoms with Gasteiger partial charge in [0.05, 0.1) is 5.54 Å². The summed E-state index contributed by atoms with van der Waals surface area (Å²) in [5.74, 6) is 0.630. The smallest absolute Gasteiger partial charge is 0.0572 e. The van der Waals surface area contributed by atoms with Crippen LogP contribution in [0.25, 0.3) is 0 Å². The highest BCUT2D eigenvalue weighted by molar-refractivity contribution is 5.38. The third-order valence-electron chi connectivity index (χ3n) is 5.63. The molecule has 3 rings (SSSR count). The molecule has 1 aromatic rings. The van der Waals surface area contributed by atoms with E-state index in [1.807, 2.05) is 0 Å². The number of aryl methyl sites for hydroxylation is 1. The predicted molar refractivity (Wildman–Crippen MR) is 93.9 cm³/mol. The molecule has 2 atom stereocenters. The fourth-order valence-corrected chi connectivity index (χ4v) is 4.76. The first-order valence-corrected chi connectivity index (χ1v) is 9.22. The van der Waals surface area contributed by atoms with E-state index in [1.165, 1.54) is 62.7 Å². The molecule has 0 spiro atoms. The topological polar surface area (TPSA) is 29.3 Å². The van der Waals surface area contributed by atoms with Crippen molar-refractivity contribution in [1.82, 2.24) is 4.90 Å². The number of likely N-dealkylation sites (tertiary alicyclic amines) is 1. The Kier molecular flexibility index (Phi) is 4.89. The molecule has 1 fully saturated rings. The number of hydrogen-bond acceptors (Lipinski definition) is 2. The van der Waals surface area contributed by atoms with E-state index >= 15 is 0 Å². The van der Waals surface area contributed by atoms with Gasteiger partial charge in [0.2, 0.25) is 0 Å². The number of nitrogens with two attached hydrogens (primary N) is 1. The fraction of sp³-hybridized carbons (Fsp3) is 0.700. The number of nitrogens with zero attached hydrogens (tertiary/aromatic N) is 1. The lowest BCUT2D eigenvalue weighted by molar-refractivity contribution is 0.0897. The standard InChI is InChI=1S/C20H32N2/c1-16(2)15-20(21)18-10-6-5-9-17(18)11-12-19(20)22-13-7-3-4-8-14-22/h5-6,9-10,16,19H,3-4,7-8,11-15,21H2,1-2H3. The van der Waals surface area contributed by atoms with Gasteiger partial charge < -0.3 is 5.73 Å². The zero-order valence-electron chi connectivity index (χ0n) is 14.4. The molecule has 2 nitrogen and oxygen atoms in total. The van der Waals surface area contributed by atoms with Crippen molar-refractivity contribution in [2.75, 3.05) is 13.1 Å². The van der Waals surface area contributed by atoms with E-state index in [4.69, 9.17) is 5.73 Å². The Morgan fingerprint density at radius 2 is 1.82 bits per heavy atom. The van der Waals surface area contributed by atoms with Crippen molar-refractivity contribution in [3.05, 3.63) is 35.4 Å². The Balaban J connectivity index is 1.95. The number of benzene rings is 1. The van der Waals surface area contributed by atoms with Crippen LogP contribution >= 0.6 is 0 Å². The van der Waals surface area contributed by atoms with Crippen molar-refractivity contribution in [1.29, 1.82) is 0 Å². The summed E-state index contributed by atoms with van der Waals surface area (Å²) in [4.78, 5) is 2.73. The third-order valence-corrected chi connectivity index (χ3v) is 5.63. The van der Waals surface area contributed by atoms with Gasteiger partial charge >= 0.3 is 0 Å². The summed E-state index contributed by atoms with van der Waals surface area (Å²) in [6.45, 7) is 7.10. The monoisotopic (exact) mass is 300 g/mol. The molecule has 0 radical (unpaired) electrons. The summed E-state index contributed by atoms with van der Waals surface area (Å²) in [7, 11) is 0. The quantitative estimate of drug-likeness (QED) is 0.911. The first kappa shape index (κ1) is 16.0. The molecule has 0 aromatic heterocycles. The molecule has 122 valence electrons. The van der Waals surface area contributed by atoms with Crippen molar-refractivity contribution >= 4 is 0 Å². The van der Waals surface area contributed by atoms with Crippen molar-refractivity contribution in [3.8, 4) is 0 Å². The second kappa shape index (κ2) is 6.72. The molecule has 1 saturated heterocycles. The number of fused-ring (bicyclic) bond motifs is 1. The third kappa shape index (κ3) is 3.09. The van der Waals surface area contributed by atoms with Crippen LogP contribution in [0.4, 0.5) is 0 Å². The lowest BCUT2D eigenvalue weighted by Crippen LogP contribution is -2.59. The van der Waals surface area contributed by atoms with E-state index in [9.17, 15) is 0 Å². The molecule has 0 amide bonds. The molecular formula is C20H32N2. The van der Waals surface area contributed by atoms with Gasteiger partial charge in [0, 0.05) is 6.04 Å². The molecule has 1 aliphatic carbocycles. The summed E-state index contributed by atoms with van der Waals surface area (Å²) in [5, 5.41) is 0. The molecule has 2 heteroatoms. The van der Waals surface area contributed by atoms with Gasteiger partial charge in [-0.1, -0.05) is 51.0 Å². The first-order chi connectivity index (χ1) is 10.6. The van der Waals surface area contributed by atoms with Crippen LogP contribution in [0, 0.1) is 5.92 Å². The summed E-state index contributed by atoms with van der Waals surface area (Å²) >= 11 is 0. The van der Waals surface area contributed by atoms with Gasteiger partial charge in [-0.05, 0) is 62.2 Å². The maximum Gasteiger partial charge on any atom is 0.0572 e. The van der Waals surface area contributed by atoms with E-state index in [2.05, 4.69) is 43.0 Å². The van der Waals surface area contributed by atoms with E-state index < -0.39 is 0 Å². The van der Waals surface area contributed by atoms with E-state index in [0.29, 0.717) is 12.0 Å². The van der Waals surface area contributed by atoms with Gasteiger partial charge in [-0.25, -0.2) is 0 Å². The zero-order chi connectivity index (χ0) is 15.6. The van der Waals surface area contributed by atoms with Crippen molar-refractivity contribution < 1.29 is 0 Å². The Morgan fingerprint density at radius 1 is 1.14 bits per heavy atom. The summed E-state index contributed by atoms with van der Waals surface area (Å²) in [6, 6.07) is 9.44. The van der Waals surface area contributed by atoms with Crippen molar-refractivity contribution in [2.45, 2.75) is 70.4 Å². The molecule has 1 heterocycles. The minimum absolute atomic E-state index is 0.173. The predicted octanol–water partition coefficient (Wildman–Crippen LogP) is 4.08. The molecule has 0 bridgehead atoms. The lowest BCUT2D eigenvalue weighted by Gasteiger charge is -2.49. The van der Waals surface area contributed by atoms with Gasteiger partial charge in [0.15, 0.2) is 0 Å². The van der Waals surface area contributed by atoms with Crippen LogP contribution in [0.1, 0.15) is 63.5 Å². The van der Waals surface area contributed by atoms with Crippen LogP contribution in [0.2, 0.25) is 0 Å². The minimum Gasteiger partial charge on any atom is -0.320 e. The molecule has 2 aliphatic rings. The van der Waals surface area contributed by atoms with Gasteiger partial charge in [0.25, 0.3) is 0 Å². The van der Waals surface area contributed by atoms with Crippen LogP contribution in [0.5, 0.6) is 0 Å². The molecule has 1 aliphatic heterocycles. The van der Waals surface area contributed by atoms with Crippen LogP contribution in [0.15, 0.2) is 24.3 Å². The molecule has 2 unspecified atom stereocenters. The van der Waals surface area contributed by atoms with Crippen molar-refractivity contribution in [2.24, 2.45) is 11.7 Å². The van der Waals surface area contributed by atoms with E-state index in [-0.39, 0.29) is 5.54 Å². The molecule has 1 aromatic carbocycles. The van der Waals surface area contributed by atoms with E-state index in [0.717, 1.165) is 6.42 Å². The summed E-state index contributed by atoms with van der Waals surface area (Å²) < 4.78 is 0. The Hall–Kier alpha value is -0.860. The van der Waals surface area contributed by atoms with Crippen LogP contribution in [-0.2, 0) is 12.0 Å². The lowest BCUT2D eigenvalue weighted by atomic mass is 9.69. The summed E-state index contributed by atoms with van der Waals surface area (Å²) in [5.41, 5.74) is 9.89. The van der Waals surface area contributed by atoms with Gasteiger partial charge in [0.1, 0.15) is 0 Å². The average Bonchev–Trinajstić information content (AvgIpc) is 2.76. The Labute approximate surface area is 136 Å². The van der Waals surface area contributed by atoms with E-state index in [1.54, 1.807) is 0 Å². The second-order valence-corrected chi connectivity index (χ2v) is 7.80. The largest absolute Gasteiger partial charge is 0.320 e. The zero-order valence-corrected chi connectivity index (χ0v) is 14.4. The molecule has 2 N–H and O–H groups in total. The SMILES string of the molecule is CC(C)CC1(N)c2ccccc2CCC1N1CCCCCC1. The first-order valence-electron chi connectivity index (χ1n) is 9.22. The summed E-state index contributed by atoms with van der Waals surface area (Å²) in [6.07, 6.45) is 8.97. The maximum atomic E-state index is 7.16. The van der Waals surface area contributed by atoms with Crippen LogP contribution in [-0.4, -0.2) is 24.0 Å². The van der Waals surface area contributed by atoms with Crippen LogP contribution in [0.3, 0.4) is 0 Å². The maximum absolute atomic E-state index is 7.16. The van der Waals surface area contributed by atoms with Crippen LogP contribution < -0.4 is 5.73 Å². The molecular weight excluding hydrogens is 268 g/mol. The Bertz CT molecular complexity index is 488. The highest BCUT2D eigenvalue weighted by atomic mass is 15.2. The van der Waals surface area contributed by atoms with Gasteiger partial charge in [-0.3, -0.25) is 4.90 Å². The van der Waals surface area contributed by atoms with Crippen molar-refractivity contribution in [3.63, 3.8) is 0 Å². The number of hydrogen-bond donors (Lipinski definition) is 1. The highest BCUT2D eigenvalue weighted by Gasteiger charge is 2.43. The van der Waals surface area contributed by atoms with Gasteiger partial charge in [-0.2, -0.15) is 0 Å². The van der Waals surface area contributed by atoms with Gasteiger partial charge in [-0.15, -0.1) is 0 Å². The fourth-order valence-electron chi connectivity index (χ4n) is 4.76. The average molecular weight is 300 g/mol. The number of rotatable bonds is 3. The molecule has 0 saturated carbocycles.